The highest BCUT2D eigenvalue weighted by molar-refractivity contribution is 6.30. The van der Waals surface area contributed by atoms with E-state index in [1.165, 1.54) is 34.5 Å². The zero-order valence-electron chi connectivity index (χ0n) is 14.6. The Bertz CT molecular complexity index is 1120. The number of hydrogen-bond donors (Lipinski definition) is 0. The highest BCUT2D eigenvalue weighted by Gasteiger charge is 2.09. The zero-order chi connectivity index (χ0) is 18.8. The van der Waals surface area contributed by atoms with Crippen LogP contribution in [0.3, 0.4) is 0 Å². The van der Waals surface area contributed by atoms with Crippen LogP contribution in [0.5, 0.6) is 0 Å². The fourth-order valence-corrected chi connectivity index (χ4v) is 3.41. The topological polar surface area (TPSA) is 0 Å². The molecular weight excluding hydrogens is 362 g/mol. The number of halogens is 3. The van der Waals surface area contributed by atoms with Gasteiger partial charge in [0.05, 0.1) is 5.02 Å². The molecule has 27 heavy (non-hydrogen) atoms. The van der Waals surface area contributed by atoms with Gasteiger partial charge in [0.2, 0.25) is 0 Å². The van der Waals surface area contributed by atoms with Crippen molar-refractivity contribution in [1.82, 2.24) is 0 Å². The number of aryl methyl sites for hydroxylation is 2. The summed E-state index contributed by atoms with van der Waals surface area (Å²) in [4.78, 5) is 0. The van der Waals surface area contributed by atoms with Crippen LogP contribution >= 0.6 is 11.6 Å². The average molecular weight is 379 g/mol. The SMILES string of the molecule is Fc1cc(-c2ccc(CCc3ccc4ccccc4c3)cc2F)ccc1Cl. The zero-order valence-corrected chi connectivity index (χ0v) is 15.3. The summed E-state index contributed by atoms with van der Waals surface area (Å²) in [5, 5.41) is 2.46. The highest BCUT2D eigenvalue weighted by Crippen LogP contribution is 2.27. The van der Waals surface area contributed by atoms with E-state index in [4.69, 9.17) is 11.6 Å². The molecule has 0 heterocycles. The molecule has 0 nitrogen and oxygen atoms in total. The van der Waals surface area contributed by atoms with Crippen LogP contribution in [0, 0.1) is 11.6 Å². The van der Waals surface area contributed by atoms with E-state index in [0.717, 1.165) is 18.4 Å². The Morgan fingerprint density at radius 2 is 1.33 bits per heavy atom. The van der Waals surface area contributed by atoms with Crippen LogP contribution in [0.25, 0.3) is 21.9 Å². The summed E-state index contributed by atoms with van der Waals surface area (Å²) in [5.74, 6) is -0.901. The third-order valence-corrected chi connectivity index (χ3v) is 5.09. The molecule has 0 saturated carbocycles. The standard InChI is InChI=1S/C24H17ClF2/c25-22-12-10-20(15-24(22)27)21-11-8-17(14-23(21)26)6-5-16-7-9-18-3-1-2-4-19(18)13-16/h1-4,7-15H,5-6H2. The van der Waals surface area contributed by atoms with Crippen molar-refractivity contribution in [2.24, 2.45) is 0 Å². The quantitative estimate of drug-likeness (QED) is 0.351. The van der Waals surface area contributed by atoms with Crippen molar-refractivity contribution in [1.29, 1.82) is 0 Å². The van der Waals surface area contributed by atoms with Gasteiger partial charge in [-0.25, -0.2) is 8.78 Å². The van der Waals surface area contributed by atoms with E-state index in [9.17, 15) is 8.78 Å². The van der Waals surface area contributed by atoms with Crippen LogP contribution < -0.4 is 0 Å². The summed E-state index contributed by atoms with van der Waals surface area (Å²) in [7, 11) is 0. The lowest BCUT2D eigenvalue weighted by Gasteiger charge is -2.08. The molecule has 0 N–H and O–H groups in total. The summed E-state index contributed by atoms with van der Waals surface area (Å²) in [6.45, 7) is 0. The molecule has 0 aliphatic heterocycles. The van der Waals surface area contributed by atoms with E-state index in [0.29, 0.717) is 11.1 Å². The average Bonchev–Trinajstić information content (AvgIpc) is 2.68. The fraction of sp³-hybridized carbons (Fsp3) is 0.0833. The number of benzene rings is 4. The second kappa shape index (κ2) is 7.50. The fourth-order valence-electron chi connectivity index (χ4n) is 3.29. The minimum atomic E-state index is -0.547. The van der Waals surface area contributed by atoms with Crippen LogP contribution in [0.2, 0.25) is 5.02 Å². The first-order valence-corrected chi connectivity index (χ1v) is 9.19. The second-order valence-corrected chi connectivity index (χ2v) is 7.03. The van der Waals surface area contributed by atoms with Gasteiger partial charge in [0, 0.05) is 5.56 Å². The maximum atomic E-state index is 14.5. The summed E-state index contributed by atoms with van der Waals surface area (Å²) >= 11 is 5.70. The van der Waals surface area contributed by atoms with Gasteiger partial charge in [-0.3, -0.25) is 0 Å². The first-order chi connectivity index (χ1) is 13.1. The summed E-state index contributed by atoms with van der Waals surface area (Å²) < 4.78 is 28.2. The van der Waals surface area contributed by atoms with Crippen molar-refractivity contribution in [2.45, 2.75) is 12.8 Å². The molecule has 0 amide bonds. The van der Waals surface area contributed by atoms with Gasteiger partial charge in [-0.2, -0.15) is 0 Å². The van der Waals surface area contributed by atoms with Crippen LogP contribution in [0.15, 0.2) is 78.9 Å². The molecule has 3 heteroatoms. The molecule has 0 saturated heterocycles. The number of rotatable bonds is 4. The van der Waals surface area contributed by atoms with Gasteiger partial charge in [-0.15, -0.1) is 0 Å². The van der Waals surface area contributed by atoms with Crippen LogP contribution in [0.1, 0.15) is 11.1 Å². The smallest absolute Gasteiger partial charge is 0.142 e. The molecule has 4 rings (SSSR count). The van der Waals surface area contributed by atoms with Gasteiger partial charge >= 0.3 is 0 Å². The Morgan fingerprint density at radius 3 is 2.07 bits per heavy atom. The van der Waals surface area contributed by atoms with Gasteiger partial charge < -0.3 is 0 Å². The normalized spacial score (nSPS) is 11.1. The Morgan fingerprint density at radius 1 is 0.630 bits per heavy atom. The summed E-state index contributed by atoms with van der Waals surface area (Å²) in [6.07, 6.45) is 1.57. The first kappa shape index (κ1) is 17.7. The Labute approximate surface area is 162 Å². The first-order valence-electron chi connectivity index (χ1n) is 8.82. The van der Waals surface area contributed by atoms with Gasteiger partial charge in [-0.1, -0.05) is 72.3 Å². The van der Waals surface area contributed by atoms with Crippen molar-refractivity contribution in [2.75, 3.05) is 0 Å². The maximum absolute atomic E-state index is 14.5. The lowest BCUT2D eigenvalue weighted by Crippen LogP contribution is -1.94. The molecule has 4 aromatic rings. The Balaban J connectivity index is 1.52. The lowest BCUT2D eigenvalue weighted by atomic mass is 9.98. The van der Waals surface area contributed by atoms with Crippen molar-refractivity contribution in [3.63, 3.8) is 0 Å². The predicted molar refractivity (Wildman–Crippen MR) is 108 cm³/mol. The van der Waals surface area contributed by atoms with Gasteiger partial charge in [0.1, 0.15) is 11.6 Å². The third-order valence-electron chi connectivity index (χ3n) is 4.78. The third kappa shape index (κ3) is 3.86. The molecule has 4 aromatic carbocycles. The molecule has 0 bridgehead atoms. The Kier molecular flexibility index (Phi) is 4.91. The van der Waals surface area contributed by atoms with Gasteiger partial charge in [-0.05, 0) is 58.5 Å². The van der Waals surface area contributed by atoms with E-state index in [1.807, 2.05) is 18.2 Å². The molecular formula is C24H17ClF2. The summed E-state index contributed by atoms with van der Waals surface area (Å²) in [6, 6.07) is 24.1. The lowest BCUT2D eigenvalue weighted by molar-refractivity contribution is 0.624. The van der Waals surface area contributed by atoms with Crippen molar-refractivity contribution < 1.29 is 8.78 Å². The molecule has 0 aliphatic carbocycles. The molecule has 0 radical (unpaired) electrons. The van der Waals surface area contributed by atoms with Crippen LogP contribution in [-0.2, 0) is 12.8 Å². The predicted octanol–water partition coefficient (Wildman–Crippen LogP) is 7.22. The highest BCUT2D eigenvalue weighted by atomic mass is 35.5. The Hall–Kier alpha value is -2.71. The summed E-state index contributed by atoms with van der Waals surface area (Å²) in [5.41, 5.74) is 2.99. The van der Waals surface area contributed by atoms with Gasteiger partial charge in [0.15, 0.2) is 0 Å². The second-order valence-electron chi connectivity index (χ2n) is 6.62. The van der Waals surface area contributed by atoms with Gasteiger partial charge in [0.25, 0.3) is 0 Å². The molecule has 0 aliphatic rings. The number of fused-ring (bicyclic) bond motifs is 1. The molecule has 0 spiro atoms. The molecule has 0 aromatic heterocycles. The molecule has 0 fully saturated rings. The van der Waals surface area contributed by atoms with E-state index in [-0.39, 0.29) is 10.8 Å². The van der Waals surface area contributed by atoms with Crippen molar-refractivity contribution >= 4 is 22.4 Å². The minimum absolute atomic E-state index is 0.0335. The monoisotopic (exact) mass is 378 g/mol. The molecule has 0 unspecified atom stereocenters. The van der Waals surface area contributed by atoms with Crippen molar-refractivity contribution in [3.8, 4) is 11.1 Å². The van der Waals surface area contributed by atoms with E-state index in [1.54, 1.807) is 12.1 Å². The van der Waals surface area contributed by atoms with Crippen molar-refractivity contribution in [3.05, 3.63) is 107 Å². The van der Waals surface area contributed by atoms with E-state index < -0.39 is 5.82 Å². The largest absolute Gasteiger partial charge is 0.206 e. The molecule has 134 valence electrons. The maximum Gasteiger partial charge on any atom is 0.142 e. The number of hydrogen-bond acceptors (Lipinski definition) is 0. The van der Waals surface area contributed by atoms with E-state index in [2.05, 4.69) is 30.3 Å². The molecule has 0 atom stereocenters. The minimum Gasteiger partial charge on any atom is -0.206 e. The van der Waals surface area contributed by atoms with Crippen LogP contribution in [0.4, 0.5) is 8.78 Å². The van der Waals surface area contributed by atoms with Crippen LogP contribution in [-0.4, -0.2) is 0 Å². The van der Waals surface area contributed by atoms with E-state index >= 15 is 0 Å².